The number of nitrogens with one attached hydrogen (secondary N) is 1. The van der Waals surface area contributed by atoms with E-state index in [4.69, 9.17) is 9.47 Å². The number of carbonyl (C=O) groups excluding carboxylic acids is 1. The average Bonchev–Trinajstić information content (AvgIpc) is 2.65. The van der Waals surface area contributed by atoms with Crippen LogP contribution in [-0.4, -0.2) is 33.7 Å². The van der Waals surface area contributed by atoms with Crippen LogP contribution in [0.25, 0.3) is 0 Å². The SMILES string of the molecule is C=CCc1ccc(OCC(=O)NCc2ccc(N(C)C)cc2)c(OC)c1. The molecule has 1 N–H and O–H groups in total. The predicted octanol–water partition coefficient (Wildman–Crippen LogP) is 3.18. The van der Waals surface area contributed by atoms with Crippen LogP contribution in [0.3, 0.4) is 0 Å². The van der Waals surface area contributed by atoms with E-state index in [1.807, 2.05) is 67.5 Å². The van der Waals surface area contributed by atoms with Gasteiger partial charge in [-0.05, 0) is 41.8 Å². The van der Waals surface area contributed by atoms with Crippen LogP contribution in [-0.2, 0) is 17.8 Å². The van der Waals surface area contributed by atoms with Crippen LogP contribution in [0, 0.1) is 0 Å². The molecule has 0 spiro atoms. The number of methoxy groups -OCH3 is 1. The number of benzene rings is 2. The topological polar surface area (TPSA) is 50.8 Å². The number of rotatable bonds is 9. The number of hydrogen-bond donors (Lipinski definition) is 1. The van der Waals surface area contributed by atoms with Gasteiger partial charge >= 0.3 is 0 Å². The number of ether oxygens (including phenoxy) is 2. The highest BCUT2D eigenvalue weighted by Gasteiger charge is 2.08. The van der Waals surface area contributed by atoms with Crippen molar-refractivity contribution >= 4 is 11.6 Å². The van der Waals surface area contributed by atoms with E-state index in [1.165, 1.54) is 0 Å². The first-order valence-corrected chi connectivity index (χ1v) is 8.47. The van der Waals surface area contributed by atoms with Gasteiger partial charge < -0.3 is 19.7 Å². The Balaban J connectivity index is 1.85. The van der Waals surface area contributed by atoms with Gasteiger partial charge in [0.25, 0.3) is 5.91 Å². The summed E-state index contributed by atoms with van der Waals surface area (Å²) in [5.41, 5.74) is 3.24. The van der Waals surface area contributed by atoms with E-state index >= 15 is 0 Å². The standard InChI is InChI=1S/C21H26N2O3/c1-5-6-16-9-12-19(20(13-16)25-4)26-15-21(24)22-14-17-7-10-18(11-8-17)23(2)3/h5,7-13H,1,6,14-15H2,2-4H3,(H,22,24). The van der Waals surface area contributed by atoms with Crippen molar-refractivity contribution in [2.24, 2.45) is 0 Å². The molecule has 0 heterocycles. The molecule has 0 bridgehead atoms. The second kappa shape index (κ2) is 9.51. The highest BCUT2D eigenvalue weighted by Crippen LogP contribution is 2.28. The van der Waals surface area contributed by atoms with Gasteiger partial charge in [0, 0.05) is 26.3 Å². The van der Waals surface area contributed by atoms with Crippen LogP contribution < -0.4 is 19.7 Å². The molecule has 26 heavy (non-hydrogen) atoms. The van der Waals surface area contributed by atoms with Gasteiger partial charge in [-0.25, -0.2) is 0 Å². The summed E-state index contributed by atoms with van der Waals surface area (Å²) >= 11 is 0. The maximum absolute atomic E-state index is 12.0. The molecule has 0 aliphatic heterocycles. The van der Waals surface area contributed by atoms with Gasteiger partial charge in [0.05, 0.1) is 7.11 Å². The maximum atomic E-state index is 12.0. The zero-order valence-corrected chi connectivity index (χ0v) is 15.6. The van der Waals surface area contributed by atoms with Crippen LogP contribution in [0.15, 0.2) is 55.1 Å². The normalized spacial score (nSPS) is 10.1. The highest BCUT2D eigenvalue weighted by atomic mass is 16.5. The summed E-state index contributed by atoms with van der Waals surface area (Å²) in [6.07, 6.45) is 2.58. The van der Waals surface area contributed by atoms with Crippen LogP contribution in [0.2, 0.25) is 0 Å². The molecule has 5 nitrogen and oxygen atoms in total. The zero-order chi connectivity index (χ0) is 18.9. The fourth-order valence-corrected chi connectivity index (χ4v) is 2.43. The Bertz CT molecular complexity index is 739. The Morgan fingerprint density at radius 1 is 1.12 bits per heavy atom. The van der Waals surface area contributed by atoms with Crippen LogP contribution in [0.5, 0.6) is 11.5 Å². The maximum Gasteiger partial charge on any atom is 0.258 e. The minimum Gasteiger partial charge on any atom is -0.493 e. The van der Waals surface area contributed by atoms with Crippen molar-refractivity contribution < 1.29 is 14.3 Å². The van der Waals surface area contributed by atoms with Gasteiger partial charge in [-0.15, -0.1) is 6.58 Å². The van der Waals surface area contributed by atoms with Crippen molar-refractivity contribution in [3.8, 4) is 11.5 Å². The van der Waals surface area contributed by atoms with Gasteiger partial charge in [-0.3, -0.25) is 4.79 Å². The molecule has 138 valence electrons. The van der Waals surface area contributed by atoms with E-state index in [-0.39, 0.29) is 12.5 Å². The van der Waals surface area contributed by atoms with Crippen LogP contribution in [0.4, 0.5) is 5.69 Å². The summed E-state index contributed by atoms with van der Waals surface area (Å²) in [6, 6.07) is 13.7. The molecule has 2 rings (SSSR count). The summed E-state index contributed by atoms with van der Waals surface area (Å²) in [7, 11) is 5.57. The smallest absolute Gasteiger partial charge is 0.258 e. The Kier molecular flexibility index (Phi) is 7.09. The van der Waals surface area contributed by atoms with E-state index in [1.54, 1.807) is 7.11 Å². The zero-order valence-electron chi connectivity index (χ0n) is 15.6. The number of anilines is 1. The second-order valence-electron chi connectivity index (χ2n) is 6.10. The summed E-state index contributed by atoms with van der Waals surface area (Å²) in [6.45, 7) is 4.13. The molecule has 0 atom stereocenters. The fourth-order valence-electron chi connectivity index (χ4n) is 2.43. The molecular weight excluding hydrogens is 328 g/mol. The van der Waals surface area contributed by atoms with E-state index in [0.717, 1.165) is 23.2 Å². The number of allylic oxidation sites excluding steroid dienone is 1. The Hall–Kier alpha value is -2.95. The molecule has 0 aliphatic carbocycles. The largest absolute Gasteiger partial charge is 0.493 e. The molecule has 0 saturated heterocycles. The lowest BCUT2D eigenvalue weighted by atomic mass is 10.1. The molecule has 0 unspecified atom stereocenters. The Morgan fingerprint density at radius 2 is 1.81 bits per heavy atom. The quantitative estimate of drug-likeness (QED) is 0.703. The van der Waals surface area contributed by atoms with E-state index in [2.05, 4.69) is 11.9 Å². The van der Waals surface area contributed by atoms with Gasteiger partial charge in [0.15, 0.2) is 18.1 Å². The molecule has 5 heteroatoms. The third-order valence-corrected chi connectivity index (χ3v) is 3.91. The Labute approximate surface area is 155 Å². The van der Waals surface area contributed by atoms with Crippen LogP contribution in [0.1, 0.15) is 11.1 Å². The lowest BCUT2D eigenvalue weighted by Crippen LogP contribution is -2.28. The number of nitrogens with zero attached hydrogens (tertiary/aromatic N) is 1. The lowest BCUT2D eigenvalue weighted by Gasteiger charge is -2.13. The predicted molar refractivity (Wildman–Crippen MR) is 105 cm³/mol. The molecule has 0 aromatic heterocycles. The number of hydrogen-bond acceptors (Lipinski definition) is 4. The highest BCUT2D eigenvalue weighted by molar-refractivity contribution is 5.77. The van der Waals surface area contributed by atoms with E-state index < -0.39 is 0 Å². The first-order valence-electron chi connectivity index (χ1n) is 8.47. The molecule has 0 saturated carbocycles. The summed E-state index contributed by atoms with van der Waals surface area (Å²) in [5.74, 6) is 0.973. The third-order valence-electron chi connectivity index (χ3n) is 3.91. The monoisotopic (exact) mass is 354 g/mol. The lowest BCUT2D eigenvalue weighted by molar-refractivity contribution is -0.123. The molecule has 1 amide bonds. The molecule has 2 aromatic rings. The van der Waals surface area contributed by atoms with Gasteiger partial charge in [-0.1, -0.05) is 24.3 Å². The fraction of sp³-hybridized carbons (Fsp3) is 0.286. The number of amides is 1. The van der Waals surface area contributed by atoms with E-state index in [9.17, 15) is 4.79 Å². The van der Waals surface area contributed by atoms with Crippen molar-refractivity contribution in [3.63, 3.8) is 0 Å². The van der Waals surface area contributed by atoms with Crippen LogP contribution >= 0.6 is 0 Å². The van der Waals surface area contributed by atoms with Crippen molar-refractivity contribution in [1.82, 2.24) is 5.32 Å². The minimum absolute atomic E-state index is 0.0626. The molecule has 0 fully saturated rings. The second-order valence-corrected chi connectivity index (χ2v) is 6.10. The van der Waals surface area contributed by atoms with Crippen molar-refractivity contribution in [3.05, 3.63) is 66.2 Å². The van der Waals surface area contributed by atoms with E-state index in [0.29, 0.717) is 18.0 Å². The third kappa shape index (κ3) is 5.55. The minimum atomic E-state index is -0.182. The Morgan fingerprint density at radius 3 is 2.42 bits per heavy atom. The summed E-state index contributed by atoms with van der Waals surface area (Å²) in [4.78, 5) is 14.1. The van der Waals surface area contributed by atoms with Gasteiger partial charge in [-0.2, -0.15) is 0 Å². The summed E-state index contributed by atoms with van der Waals surface area (Å²) < 4.78 is 10.9. The molecule has 0 aliphatic rings. The first kappa shape index (κ1) is 19.4. The summed E-state index contributed by atoms with van der Waals surface area (Å²) in [5, 5.41) is 2.86. The van der Waals surface area contributed by atoms with Crippen molar-refractivity contribution in [1.29, 1.82) is 0 Å². The number of carbonyl (C=O) groups is 1. The van der Waals surface area contributed by atoms with Gasteiger partial charge in [0.2, 0.25) is 0 Å². The molecule has 0 radical (unpaired) electrons. The van der Waals surface area contributed by atoms with Crippen molar-refractivity contribution in [2.45, 2.75) is 13.0 Å². The first-order chi connectivity index (χ1) is 12.5. The molecular formula is C21H26N2O3. The average molecular weight is 354 g/mol. The molecule has 2 aromatic carbocycles. The van der Waals surface area contributed by atoms with Crippen molar-refractivity contribution in [2.75, 3.05) is 32.7 Å². The van der Waals surface area contributed by atoms with Gasteiger partial charge in [0.1, 0.15) is 0 Å².